The zero-order chi connectivity index (χ0) is 40.8. The number of nitrogens with one attached hydrogen (secondary N) is 2. The van der Waals surface area contributed by atoms with Crippen molar-refractivity contribution in [1.29, 1.82) is 0 Å². The normalized spacial score (nSPS) is 14.2. The van der Waals surface area contributed by atoms with E-state index in [0.717, 1.165) is 43.3 Å². The van der Waals surface area contributed by atoms with E-state index in [1.165, 1.54) is 39.9 Å². The molecule has 1 saturated carbocycles. The third kappa shape index (κ3) is 12.6. The average molecular weight is 849 g/mol. The summed E-state index contributed by atoms with van der Waals surface area (Å²) < 4.78 is 27.8. The molecule has 14 nitrogen and oxygen atoms in total. The van der Waals surface area contributed by atoms with Crippen molar-refractivity contribution < 1.29 is 27.5 Å². The van der Waals surface area contributed by atoms with Gasteiger partial charge in [-0.3, -0.25) is 0 Å². The second-order valence-corrected chi connectivity index (χ2v) is 16.6. The number of furan rings is 1. The van der Waals surface area contributed by atoms with Crippen LogP contribution in [0, 0.1) is 4.91 Å². The van der Waals surface area contributed by atoms with Crippen molar-refractivity contribution in [2.45, 2.75) is 72.3 Å². The molecule has 1 fully saturated rings. The number of hydrogen-bond donors (Lipinski definition) is 4. The van der Waals surface area contributed by atoms with Gasteiger partial charge in [0.2, 0.25) is 10.0 Å². The number of hydrogen-bond acceptors (Lipinski definition) is 11. The first-order valence-corrected chi connectivity index (χ1v) is 21.1. The third-order valence-electron chi connectivity index (χ3n) is 9.06. The summed E-state index contributed by atoms with van der Waals surface area (Å²) in [6, 6.07) is 23.1. The molecule has 4 aromatic rings. The fraction of sp³-hybridized carbons (Fsp3) is 0.368. The number of carbonyl (C=O) groups is 2. The Morgan fingerprint density at radius 2 is 1.66 bits per heavy atom. The van der Waals surface area contributed by atoms with Crippen molar-refractivity contribution in [2.75, 3.05) is 43.3 Å². The Kier molecular flexibility index (Phi) is 16.9. The number of amides is 2. The van der Waals surface area contributed by atoms with Crippen LogP contribution in [0.25, 0.3) is 0 Å². The molecule has 5 N–H and O–H groups in total. The first kappa shape index (κ1) is 44.4. The van der Waals surface area contributed by atoms with Gasteiger partial charge in [-0.1, -0.05) is 66.9 Å². The smallest absolute Gasteiger partial charge is 0.340 e. The van der Waals surface area contributed by atoms with Crippen molar-refractivity contribution in [1.82, 2.24) is 15.2 Å². The maximum Gasteiger partial charge on any atom is 0.340 e. The summed E-state index contributed by atoms with van der Waals surface area (Å²) in [5.41, 5.74) is 2.56. The maximum atomic E-state index is 11.5. The van der Waals surface area contributed by atoms with E-state index in [2.05, 4.69) is 95.3 Å². The van der Waals surface area contributed by atoms with Crippen molar-refractivity contribution in [2.24, 2.45) is 10.4 Å². The number of primary sulfonamides is 1. The van der Waals surface area contributed by atoms with Gasteiger partial charge >= 0.3 is 12.0 Å². The number of carboxylic acids is 1. The van der Waals surface area contributed by atoms with Gasteiger partial charge in [-0.05, 0) is 82.4 Å². The molecule has 2 heterocycles. The van der Waals surface area contributed by atoms with Gasteiger partial charge in [-0.25, -0.2) is 23.1 Å². The highest BCUT2D eigenvalue weighted by molar-refractivity contribution is 7.99. The quantitative estimate of drug-likeness (QED) is 0.0609. The molecule has 1 aliphatic heterocycles. The van der Waals surface area contributed by atoms with Crippen molar-refractivity contribution in [3.05, 3.63) is 100 Å². The molecule has 0 bridgehead atoms. The maximum absolute atomic E-state index is 11.5. The Morgan fingerprint density at radius 3 is 2.18 bits per heavy atom. The Morgan fingerprint density at radius 1 is 1.04 bits per heavy atom. The van der Waals surface area contributed by atoms with Crippen LogP contribution in [0.3, 0.4) is 0 Å². The Balaban J connectivity index is 0.000000189. The van der Waals surface area contributed by atoms with Crippen LogP contribution in [0.1, 0.15) is 55.1 Å². The SMILES string of the molecule is CC(CN1c2ccccc2Sc2ccccc21)N(C)C.NS(=O)(=O)c1cc(C(=O)O)c(NCc2ccco2)cc1Cl.O=NN(CCCl)C(=O)NC1CCCCC1. The predicted octanol–water partition coefficient (Wildman–Crippen LogP) is 8.38. The van der Waals surface area contributed by atoms with Crippen molar-refractivity contribution in [3.63, 3.8) is 0 Å². The number of alkyl halides is 1. The van der Waals surface area contributed by atoms with E-state index in [0.29, 0.717) is 11.8 Å². The second-order valence-electron chi connectivity index (χ2n) is 13.3. The summed E-state index contributed by atoms with van der Waals surface area (Å²) in [4.78, 5) is 40.0. The number of para-hydroxylation sites is 2. The number of carboxylic acid groups (broad SMARTS) is 1. The molecular weight excluding hydrogens is 801 g/mol. The van der Waals surface area contributed by atoms with Gasteiger partial charge < -0.3 is 30.0 Å². The van der Waals surface area contributed by atoms with Crippen LogP contribution in [0.5, 0.6) is 0 Å². The molecule has 0 saturated heterocycles. The number of nitroso groups, excluding NO2 is 1. The summed E-state index contributed by atoms with van der Waals surface area (Å²) in [5.74, 6) is -0.513. The minimum atomic E-state index is -4.11. The highest BCUT2D eigenvalue weighted by atomic mass is 35.5. The lowest BCUT2D eigenvalue weighted by atomic mass is 9.96. The third-order valence-corrected chi connectivity index (χ3v) is 11.7. The van der Waals surface area contributed by atoms with Crippen molar-refractivity contribution in [3.8, 4) is 0 Å². The number of anilines is 3. The van der Waals surface area contributed by atoms with Gasteiger partial charge in [-0.15, -0.1) is 16.5 Å². The molecule has 56 heavy (non-hydrogen) atoms. The van der Waals surface area contributed by atoms with E-state index in [1.807, 2.05) is 11.8 Å². The van der Waals surface area contributed by atoms with Gasteiger partial charge in [0.15, 0.2) is 0 Å². The summed E-state index contributed by atoms with van der Waals surface area (Å²) >= 11 is 13.1. The lowest BCUT2D eigenvalue weighted by molar-refractivity contribution is 0.0697. The lowest BCUT2D eigenvalue weighted by Gasteiger charge is -2.36. The molecule has 2 amide bonds. The number of nitrogens with two attached hydrogens (primary N) is 1. The van der Waals surface area contributed by atoms with Crippen LogP contribution in [0.2, 0.25) is 5.02 Å². The minimum absolute atomic E-state index is 0.156. The first-order chi connectivity index (χ1) is 26.7. The molecule has 1 aromatic heterocycles. The molecule has 1 atom stereocenters. The van der Waals surface area contributed by atoms with Crippen LogP contribution in [-0.4, -0.2) is 80.6 Å². The topological polar surface area (TPSA) is 191 Å². The lowest BCUT2D eigenvalue weighted by Crippen LogP contribution is -2.43. The van der Waals surface area contributed by atoms with Gasteiger partial charge in [0.25, 0.3) is 0 Å². The number of rotatable bonds is 12. The number of nitrogens with zero attached hydrogens (tertiary/aromatic N) is 4. The summed E-state index contributed by atoms with van der Waals surface area (Å²) in [6.07, 6.45) is 6.94. The number of carbonyl (C=O) groups excluding carboxylic acids is 1. The molecular formula is C38H47Cl2N7O7S2. The number of benzene rings is 3. The van der Waals surface area contributed by atoms with Crippen LogP contribution in [0.15, 0.2) is 103 Å². The zero-order valence-electron chi connectivity index (χ0n) is 31.4. The molecule has 1 aliphatic carbocycles. The fourth-order valence-corrected chi connectivity index (χ4v) is 8.21. The Labute approximate surface area is 341 Å². The van der Waals surface area contributed by atoms with Crippen LogP contribution < -0.4 is 20.7 Å². The van der Waals surface area contributed by atoms with Crippen molar-refractivity contribution >= 4 is 74.0 Å². The largest absolute Gasteiger partial charge is 0.478 e. The monoisotopic (exact) mass is 847 g/mol. The van der Waals surface area contributed by atoms with E-state index in [9.17, 15) is 22.9 Å². The molecule has 3 aromatic carbocycles. The zero-order valence-corrected chi connectivity index (χ0v) is 34.5. The minimum Gasteiger partial charge on any atom is -0.478 e. The van der Waals surface area contributed by atoms with Crippen LogP contribution in [-0.2, 0) is 16.6 Å². The number of fused-ring (bicyclic) bond motifs is 2. The first-order valence-electron chi connectivity index (χ1n) is 17.9. The number of halogens is 2. The van der Waals surface area contributed by atoms with E-state index >= 15 is 0 Å². The number of sulfonamides is 1. The highest BCUT2D eigenvalue weighted by Crippen LogP contribution is 2.47. The molecule has 6 rings (SSSR count). The van der Waals surface area contributed by atoms with Crippen LogP contribution >= 0.6 is 35.0 Å². The summed E-state index contributed by atoms with van der Waals surface area (Å²) in [7, 11) is 0.174. The van der Waals surface area contributed by atoms with Gasteiger partial charge in [0.05, 0.1) is 52.3 Å². The number of urea groups is 1. The molecule has 302 valence electrons. The molecule has 1 unspecified atom stereocenters. The Bertz CT molecular complexity index is 1990. The summed E-state index contributed by atoms with van der Waals surface area (Å²) in [6.45, 7) is 3.65. The van der Waals surface area contributed by atoms with E-state index in [4.69, 9.17) is 37.9 Å². The van der Waals surface area contributed by atoms with E-state index in [-0.39, 0.29) is 41.3 Å². The highest BCUT2D eigenvalue weighted by Gasteiger charge is 2.25. The summed E-state index contributed by atoms with van der Waals surface area (Å²) in [5, 5.41) is 23.1. The van der Waals surface area contributed by atoms with Gasteiger partial charge in [0, 0.05) is 34.3 Å². The van der Waals surface area contributed by atoms with E-state index in [1.54, 1.807) is 12.1 Å². The number of likely N-dealkylation sites (N-methyl/N-ethyl adjacent to an activating group) is 1. The van der Waals surface area contributed by atoms with Gasteiger partial charge in [0.1, 0.15) is 10.7 Å². The Hall–Kier alpha value is -4.32. The molecule has 0 spiro atoms. The van der Waals surface area contributed by atoms with E-state index < -0.39 is 26.9 Å². The average Bonchev–Trinajstić information content (AvgIpc) is 3.70. The molecule has 0 radical (unpaired) electrons. The standard InChI is InChI=1S/C17H20N2S.C12H11ClN2O5S.C9H16ClN3O2/c1-13(18(2)3)12-19-14-8-4-6-10-16(14)20-17-11-7-5-9-15(17)19;13-9-5-10(15-6-7-2-1-3-20-7)8(12(16)17)4-11(9)21(14,18)19;10-6-7-13(12-15)9(14)11-8-4-2-1-3-5-8/h4-11,13H,12H2,1-3H3;1-5,15H,6H2,(H,16,17)(H2,14,18,19);8H,1-7H2,(H,11,14). The molecule has 2 aliphatic rings. The van der Waals surface area contributed by atoms with Crippen LogP contribution in [0.4, 0.5) is 21.9 Å². The fourth-order valence-electron chi connectivity index (χ4n) is 5.85. The molecule has 18 heteroatoms. The second kappa shape index (κ2) is 21.3. The van der Waals surface area contributed by atoms with Gasteiger partial charge in [-0.2, -0.15) is 5.01 Å². The predicted molar refractivity (Wildman–Crippen MR) is 222 cm³/mol. The number of aromatic carboxylic acids is 1.